The Hall–Kier alpha value is -2.16. The minimum Gasteiger partial charge on any atom is -0.467 e. The van der Waals surface area contributed by atoms with Crippen LogP contribution in [0.2, 0.25) is 0 Å². The molecule has 8 heteroatoms. The van der Waals surface area contributed by atoms with E-state index in [4.69, 9.17) is 4.42 Å². The quantitative estimate of drug-likeness (QED) is 0.862. The van der Waals surface area contributed by atoms with E-state index in [0.717, 1.165) is 0 Å². The van der Waals surface area contributed by atoms with Crippen LogP contribution in [0.4, 0.5) is 0 Å². The van der Waals surface area contributed by atoms with Gasteiger partial charge in [0.1, 0.15) is 5.76 Å². The zero-order valence-electron chi connectivity index (χ0n) is 14.0. The molecule has 0 aliphatic carbocycles. The second kappa shape index (κ2) is 7.38. The monoisotopic (exact) mass is 363 g/mol. The highest BCUT2D eigenvalue weighted by atomic mass is 32.2. The summed E-state index contributed by atoms with van der Waals surface area (Å²) in [4.78, 5) is 14.4. The first kappa shape index (κ1) is 17.7. The molecule has 1 N–H and O–H groups in total. The van der Waals surface area contributed by atoms with Crippen molar-refractivity contribution in [1.29, 1.82) is 0 Å². The summed E-state index contributed by atoms with van der Waals surface area (Å²) in [7, 11) is -1.54. The number of benzene rings is 1. The molecule has 134 valence electrons. The third-order valence-electron chi connectivity index (χ3n) is 4.22. The fourth-order valence-electron chi connectivity index (χ4n) is 2.64. The first-order chi connectivity index (χ1) is 12.0. The van der Waals surface area contributed by atoms with Crippen LogP contribution in [-0.2, 0) is 16.6 Å². The molecule has 0 radical (unpaired) electrons. The number of sulfonamides is 1. The highest BCUT2D eigenvalue weighted by molar-refractivity contribution is 7.89. The number of carbonyl (C=O) groups excluding carboxylic acids is 1. The van der Waals surface area contributed by atoms with Crippen LogP contribution in [0.3, 0.4) is 0 Å². The summed E-state index contributed by atoms with van der Waals surface area (Å²) < 4.78 is 31.9. The number of amides is 1. The third-order valence-corrected chi connectivity index (χ3v) is 6.13. The Balaban J connectivity index is 1.65. The van der Waals surface area contributed by atoms with Crippen molar-refractivity contribution in [3.63, 3.8) is 0 Å². The van der Waals surface area contributed by atoms with Crippen LogP contribution in [0, 0.1) is 0 Å². The average Bonchev–Trinajstić information content (AvgIpc) is 3.14. The molecule has 2 aromatic rings. The first-order valence-electron chi connectivity index (χ1n) is 8.06. The SMILES string of the molecule is CN1CCN(S(=O)(=O)c2ccc(C(=O)NCc3ccco3)cc2)CC1. The van der Waals surface area contributed by atoms with E-state index in [9.17, 15) is 13.2 Å². The molecular weight excluding hydrogens is 342 g/mol. The smallest absolute Gasteiger partial charge is 0.251 e. The Morgan fingerprint density at radius 3 is 2.40 bits per heavy atom. The maximum absolute atomic E-state index is 12.7. The molecular formula is C17H21N3O4S. The lowest BCUT2D eigenvalue weighted by molar-refractivity contribution is 0.0948. The van der Waals surface area contributed by atoms with Gasteiger partial charge in [-0.1, -0.05) is 0 Å². The number of nitrogens with zero attached hydrogens (tertiary/aromatic N) is 2. The van der Waals surface area contributed by atoms with Gasteiger partial charge in [-0.3, -0.25) is 4.79 Å². The molecule has 1 aromatic carbocycles. The van der Waals surface area contributed by atoms with Crippen molar-refractivity contribution in [3.05, 3.63) is 54.0 Å². The van der Waals surface area contributed by atoms with Crippen molar-refractivity contribution in [2.45, 2.75) is 11.4 Å². The Morgan fingerprint density at radius 2 is 1.80 bits per heavy atom. The van der Waals surface area contributed by atoms with Gasteiger partial charge in [0.2, 0.25) is 10.0 Å². The average molecular weight is 363 g/mol. The highest BCUT2D eigenvalue weighted by Gasteiger charge is 2.27. The van der Waals surface area contributed by atoms with E-state index in [1.807, 2.05) is 7.05 Å². The summed E-state index contributed by atoms with van der Waals surface area (Å²) in [5, 5.41) is 2.73. The molecule has 1 saturated heterocycles. The van der Waals surface area contributed by atoms with Gasteiger partial charge in [0.25, 0.3) is 5.91 Å². The topological polar surface area (TPSA) is 82.9 Å². The number of piperazine rings is 1. The fraction of sp³-hybridized carbons (Fsp3) is 0.353. The standard InChI is InChI=1S/C17H21N3O4S/c1-19-8-10-20(11-9-19)25(22,23)16-6-4-14(5-7-16)17(21)18-13-15-3-2-12-24-15/h2-7,12H,8-11,13H2,1H3,(H,18,21). The van der Waals surface area contributed by atoms with Gasteiger partial charge in [0, 0.05) is 31.7 Å². The number of nitrogens with one attached hydrogen (secondary N) is 1. The van der Waals surface area contributed by atoms with Gasteiger partial charge in [-0.15, -0.1) is 0 Å². The van der Waals surface area contributed by atoms with Crippen LogP contribution < -0.4 is 5.32 Å². The van der Waals surface area contributed by atoms with Crippen LogP contribution >= 0.6 is 0 Å². The van der Waals surface area contributed by atoms with E-state index < -0.39 is 10.0 Å². The molecule has 0 saturated carbocycles. The molecule has 0 atom stereocenters. The van der Waals surface area contributed by atoms with Crippen LogP contribution in [0.25, 0.3) is 0 Å². The molecule has 0 unspecified atom stereocenters. The Bertz CT molecular complexity index is 808. The summed E-state index contributed by atoms with van der Waals surface area (Å²) in [6.45, 7) is 2.67. The molecule has 1 amide bonds. The van der Waals surface area contributed by atoms with Crippen LogP contribution in [0.1, 0.15) is 16.1 Å². The summed E-state index contributed by atoms with van der Waals surface area (Å²) >= 11 is 0. The van der Waals surface area contributed by atoms with Crippen molar-refractivity contribution < 1.29 is 17.6 Å². The van der Waals surface area contributed by atoms with E-state index in [2.05, 4.69) is 10.2 Å². The molecule has 1 aliphatic rings. The van der Waals surface area contributed by atoms with Gasteiger partial charge in [-0.05, 0) is 43.4 Å². The van der Waals surface area contributed by atoms with Gasteiger partial charge < -0.3 is 14.6 Å². The molecule has 2 heterocycles. The van der Waals surface area contributed by atoms with Crippen molar-refractivity contribution in [1.82, 2.24) is 14.5 Å². The Morgan fingerprint density at radius 1 is 1.12 bits per heavy atom. The van der Waals surface area contributed by atoms with E-state index in [-0.39, 0.29) is 17.3 Å². The lowest BCUT2D eigenvalue weighted by Gasteiger charge is -2.31. The van der Waals surface area contributed by atoms with Gasteiger partial charge >= 0.3 is 0 Å². The van der Waals surface area contributed by atoms with Crippen molar-refractivity contribution in [3.8, 4) is 0 Å². The van der Waals surface area contributed by atoms with Crippen LogP contribution in [-0.4, -0.2) is 56.8 Å². The fourth-order valence-corrected chi connectivity index (χ4v) is 4.06. The zero-order chi connectivity index (χ0) is 17.9. The number of hydrogen-bond donors (Lipinski definition) is 1. The van der Waals surface area contributed by atoms with Crippen LogP contribution in [0.5, 0.6) is 0 Å². The van der Waals surface area contributed by atoms with Gasteiger partial charge in [-0.25, -0.2) is 8.42 Å². The molecule has 0 spiro atoms. The predicted octanol–water partition coefficient (Wildman–Crippen LogP) is 1.15. The molecule has 1 fully saturated rings. The van der Waals surface area contributed by atoms with E-state index >= 15 is 0 Å². The highest BCUT2D eigenvalue weighted by Crippen LogP contribution is 2.18. The van der Waals surface area contributed by atoms with Gasteiger partial charge in [0.05, 0.1) is 17.7 Å². The molecule has 25 heavy (non-hydrogen) atoms. The van der Waals surface area contributed by atoms with Crippen molar-refractivity contribution in [2.75, 3.05) is 33.2 Å². The summed E-state index contributed by atoms with van der Waals surface area (Å²) in [6.07, 6.45) is 1.54. The largest absolute Gasteiger partial charge is 0.467 e. The molecule has 3 rings (SSSR count). The summed E-state index contributed by atoms with van der Waals surface area (Å²) in [6, 6.07) is 9.54. The lowest BCUT2D eigenvalue weighted by atomic mass is 10.2. The normalized spacial score (nSPS) is 16.7. The maximum Gasteiger partial charge on any atom is 0.251 e. The van der Waals surface area contributed by atoms with Gasteiger partial charge in [-0.2, -0.15) is 4.31 Å². The van der Waals surface area contributed by atoms with E-state index in [1.54, 1.807) is 18.4 Å². The number of furan rings is 1. The minimum atomic E-state index is -3.52. The summed E-state index contributed by atoms with van der Waals surface area (Å²) in [5.74, 6) is 0.377. The predicted molar refractivity (Wildman–Crippen MR) is 92.6 cm³/mol. The van der Waals surface area contributed by atoms with Crippen molar-refractivity contribution >= 4 is 15.9 Å². The lowest BCUT2D eigenvalue weighted by Crippen LogP contribution is -2.47. The molecule has 1 aromatic heterocycles. The Kier molecular flexibility index (Phi) is 5.22. The second-order valence-corrected chi connectivity index (χ2v) is 7.93. The minimum absolute atomic E-state index is 0.208. The number of rotatable bonds is 5. The number of carbonyl (C=O) groups is 1. The maximum atomic E-state index is 12.7. The third kappa shape index (κ3) is 4.09. The van der Waals surface area contributed by atoms with Crippen LogP contribution in [0.15, 0.2) is 52.0 Å². The molecule has 1 aliphatic heterocycles. The molecule has 0 bridgehead atoms. The second-order valence-electron chi connectivity index (χ2n) is 5.99. The molecule has 7 nitrogen and oxygen atoms in total. The van der Waals surface area contributed by atoms with E-state index in [0.29, 0.717) is 37.5 Å². The Labute approximate surface area is 147 Å². The summed E-state index contributed by atoms with van der Waals surface area (Å²) in [5.41, 5.74) is 0.406. The van der Waals surface area contributed by atoms with Gasteiger partial charge in [0.15, 0.2) is 0 Å². The number of likely N-dealkylation sites (N-methyl/N-ethyl adjacent to an activating group) is 1. The van der Waals surface area contributed by atoms with Crippen molar-refractivity contribution in [2.24, 2.45) is 0 Å². The first-order valence-corrected chi connectivity index (χ1v) is 9.50. The zero-order valence-corrected chi connectivity index (χ0v) is 14.8. The van der Waals surface area contributed by atoms with E-state index in [1.165, 1.54) is 28.6 Å². The number of hydrogen-bond acceptors (Lipinski definition) is 5.